The second kappa shape index (κ2) is 7.97. The maximum atomic E-state index is 13.9. The van der Waals surface area contributed by atoms with E-state index in [9.17, 15) is 22.0 Å². The lowest BCUT2D eigenvalue weighted by molar-refractivity contribution is 0.0697. The molecular formula is C20H22F2N2O3S. The van der Waals surface area contributed by atoms with Gasteiger partial charge < -0.3 is 4.90 Å². The Balaban J connectivity index is 1.70. The number of benzene rings is 2. The van der Waals surface area contributed by atoms with Crippen molar-refractivity contribution in [2.75, 3.05) is 26.2 Å². The van der Waals surface area contributed by atoms with E-state index >= 15 is 0 Å². The molecular weight excluding hydrogens is 386 g/mol. The van der Waals surface area contributed by atoms with Crippen LogP contribution in [0.2, 0.25) is 0 Å². The number of amides is 1. The molecule has 0 saturated carbocycles. The molecule has 0 bridgehead atoms. The standard InChI is InChI=1S/C20H22F2N2O3S/c1-14(2)15-3-5-16(6-4-15)20(25)23-9-11-24(12-10-23)28(26,27)19-13-17(21)7-8-18(19)22/h3-8,13-14H,9-12H2,1-2H3. The van der Waals surface area contributed by atoms with Crippen molar-refractivity contribution in [3.8, 4) is 0 Å². The first-order chi connectivity index (χ1) is 13.2. The molecule has 1 saturated heterocycles. The van der Waals surface area contributed by atoms with Crippen LogP contribution in [0.15, 0.2) is 47.4 Å². The largest absolute Gasteiger partial charge is 0.336 e. The van der Waals surface area contributed by atoms with E-state index in [-0.39, 0.29) is 32.1 Å². The Morgan fingerprint density at radius 2 is 1.57 bits per heavy atom. The highest BCUT2D eigenvalue weighted by atomic mass is 32.2. The number of hydrogen-bond acceptors (Lipinski definition) is 3. The van der Waals surface area contributed by atoms with Gasteiger partial charge in [0.2, 0.25) is 10.0 Å². The third kappa shape index (κ3) is 4.07. The van der Waals surface area contributed by atoms with Crippen LogP contribution in [0.1, 0.15) is 35.7 Å². The Hall–Kier alpha value is -2.32. The fourth-order valence-corrected chi connectivity index (χ4v) is 4.64. The van der Waals surface area contributed by atoms with Crippen molar-refractivity contribution in [2.45, 2.75) is 24.7 Å². The summed E-state index contributed by atoms with van der Waals surface area (Å²) >= 11 is 0. The van der Waals surface area contributed by atoms with Gasteiger partial charge in [0.05, 0.1) is 0 Å². The van der Waals surface area contributed by atoms with Gasteiger partial charge in [-0.1, -0.05) is 26.0 Å². The van der Waals surface area contributed by atoms with Crippen LogP contribution in [0.5, 0.6) is 0 Å². The molecule has 1 aliphatic rings. The summed E-state index contributed by atoms with van der Waals surface area (Å²) in [7, 11) is -4.16. The van der Waals surface area contributed by atoms with E-state index in [0.717, 1.165) is 22.0 Å². The number of rotatable bonds is 4. The van der Waals surface area contributed by atoms with Crippen molar-refractivity contribution < 1.29 is 22.0 Å². The van der Waals surface area contributed by atoms with Crippen LogP contribution in [-0.4, -0.2) is 49.7 Å². The van der Waals surface area contributed by atoms with Crippen LogP contribution in [0.25, 0.3) is 0 Å². The van der Waals surface area contributed by atoms with E-state index in [1.807, 2.05) is 12.1 Å². The SMILES string of the molecule is CC(C)c1ccc(C(=O)N2CCN(S(=O)(=O)c3cc(F)ccc3F)CC2)cc1. The van der Waals surface area contributed by atoms with Crippen molar-refractivity contribution in [2.24, 2.45) is 0 Å². The van der Waals surface area contributed by atoms with E-state index in [0.29, 0.717) is 17.5 Å². The van der Waals surface area contributed by atoms with Crippen molar-refractivity contribution >= 4 is 15.9 Å². The zero-order valence-electron chi connectivity index (χ0n) is 15.7. The predicted molar refractivity (Wildman–Crippen MR) is 102 cm³/mol. The van der Waals surface area contributed by atoms with Crippen LogP contribution in [0.3, 0.4) is 0 Å². The highest BCUT2D eigenvalue weighted by Crippen LogP contribution is 2.22. The predicted octanol–water partition coefficient (Wildman–Crippen LogP) is 3.23. The lowest BCUT2D eigenvalue weighted by Crippen LogP contribution is -2.50. The van der Waals surface area contributed by atoms with Gasteiger partial charge in [0.25, 0.3) is 5.91 Å². The molecule has 1 heterocycles. The third-order valence-electron chi connectivity index (χ3n) is 4.86. The van der Waals surface area contributed by atoms with Crippen LogP contribution >= 0.6 is 0 Å². The van der Waals surface area contributed by atoms with Gasteiger partial charge in [0, 0.05) is 31.7 Å². The topological polar surface area (TPSA) is 57.7 Å². The van der Waals surface area contributed by atoms with Crippen molar-refractivity contribution in [1.82, 2.24) is 9.21 Å². The summed E-state index contributed by atoms with van der Waals surface area (Å²) in [5, 5.41) is 0. The number of nitrogens with zero attached hydrogens (tertiary/aromatic N) is 2. The molecule has 1 fully saturated rings. The van der Waals surface area contributed by atoms with E-state index in [2.05, 4.69) is 13.8 Å². The summed E-state index contributed by atoms with van der Waals surface area (Å²) in [6, 6.07) is 9.69. The molecule has 5 nitrogen and oxygen atoms in total. The highest BCUT2D eigenvalue weighted by molar-refractivity contribution is 7.89. The molecule has 0 N–H and O–H groups in total. The van der Waals surface area contributed by atoms with Crippen LogP contribution in [-0.2, 0) is 10.0 Å². The summed E-state index contributed by atoms with van der Waals surface area (Å²) in [6.07, 6.45) is 0. The summed E-state index contributed by atoms with van der Waals surface area (Å²) < 4.78 is 53.6. The van der Waals surface area contributed by atoms with Gasteiger partial charge in [-0.3, -0.25) is 4.79 Å². The van der Waals surface area contributed by atoms with E-state index in [4.69, 9.17) is 0 Å². The zero-order chi connectivity index (χ0) is 20.5. The molecule has 2 aromatic rings. The monoisotopic (exact) mass is 408 g/mol. The number of carbonyl (C=O) groups is 1. The van der Waals surface area contributed by atoms with Crippen molar-refractivity contribution in [3.05, 3.63) is 65.2 Å². The molecule has 1 amide bonds. The van der Waals surface area contributed by atoms with Crippen LogP contribution < -0.4 is 0 Å². The molecule has 0 atom stereocenters. The lowest BCUT2D eigenvalue weighted by Gasteiger charge is -2.34. The van der Waals surface area contributed by atoms with Crippen LogP contribution in [0, 0.1) is 11.6 Å². The molecule has 0 aromatic heterocycles. The third-order valence-corrected chi connectivity index (χ3v) is 6.77. The minimum Gasteiger partial charge on any atom is -0.336 e. The number of hydrogen-bond donors (Lipinski definition) is 0. The average Bonchev–Trinajstić information content (AvgIpc) is 2.69. The van der Waals surface area contributed by atoms with E-state index < -0.39 is 26.6 Å². The molecule has 2 aromatic carbocycles. The molecule has 28 heavy (non-hydrogen) atoms. The van der Waals surface area contributed by atoms with Crippen LogP contribution in [0.4, 0.5) is 8.78 Å². The summed E-state index contributed by atoms with van der Waals surface area (Å²) in [5.74, 6) is -1.63. The molecule has 3 rings (SSSR count). The first-order valence-electron chi connectivity index (χ1n) is 9.04. The molecule has 1 aliphatic heterocycles. The first-order valence-corrected chi connectivity index (χ1v) is 10.5. The molecule has 0 spiro atoms. The van der Waals surface area contributed by atoms with Gasteiger partial charge in [0.15, 0.2) is 0 Å². The molecule has 0 aliphatic carbocycles. The normalized spacial score (nSPS) is 15.8. The van der Waals surface area contributed by atoms with Gasteiger partial charge in [-0.2, -0.15) is 4.31 Å². The minimum absolute atomic E-state index is 0.0219. The molecule has 150 valence electrons. The van der Waals surface area contributed by atoms with E-state index in [1.165, 1.54) is 0 Å². The second-order valence-corrected chi connectivity index (χ2v) is 8.95. The van der Waals surface area contributed by atoms with Gasteiger partial charge in [-0.15, -0.1) is 0 Å². The fourth-order valence-electron chi connectivity index (χ4n) is 3.14. The molecule has 0 unspecified atom stereocenters. The van der Waals surface area contributed by atoms with Gasteiger partial charge >= 0.3 is 0 Å². The van der Waals surface area contributed by atoms with Crippen molar-refractivity contribution in [1.29, 1.82) is 0 Å². The molecule has 0 radical (unpaired) electrons. The minimum atomic E-state index is -4.16. The van der Waals surface area contributed by atoms with Crippen molar-refractivity contribution in [3.63, 3.8) is 0 Å². The zero-order valence-corrected chi connectivity index (χ0v) is 16.5. The Morgan fingerprint density at radius 3 is 2.14 bits per heavy atom. The summed E-state index contributed by atoms with van der Waals surface area (Å²) in [4.78, 5) is 13.5. The first kappa shape index (κ1) is 20.4. The van der Waals surface area contributed by atoms with Gasteiger partial charge in [0.1, 0.15) is 16.5 Å². The number of carbonyl (C=O) groups excluding carboxylic acids is 1. The maximum Gasteiger partial charge on any atom is 0.253 e. The quantitative estimate of drug-likeness (QED) is 0.781. The Kier molecular flexibility index (Phi) is 5.81. The fraction of sp³-hybridized carbons (Fsp3) is 0.350. The molecule has 8 heteroatoms. The Labute approximate surface area is 163 Å². The average molecular weight is 408 g/mol. The Bertz CT molecular complexity index is 967. The summed E-state index contributed by atoms with van der Waals surface area (Å²) in [6.45, 7) is 4.54. The lowest BCUT2D eigenvalue weighted by atomic mass is 10.0. The summed E-state index contributed by atoms with van der Waals surface area (Å²) in [5.41, 5.74) is 1.67. The van der Waals surface area contributed by atoms with E-state index in [1.54, 1.807) is 17.0 Å². The maximum absolute atomic E-state index is 13.9. The second-order valence-electron chi connectivity index (χ2n) is 7.05. The number of sulfonamides is 1. The smallest absolute Gasteiger partial charge is 0.253 e. The number of piperazine rings is 1. The number of halogens is 2. The van der Waals surface area contributed by atoms with Gasteiger partial charge in [-0.05, 0) is 41.8 Å². The highest BCUT2D eigenvalue weighted by Gasteiger charge is 2.32. The Morgan fingerprint density at radius 1 is 0.964 bits per heavy atom. The van der Waals surface area contributed by atoms with Gasteiger partial charge in [-0.25, -0.2) is 17.2 Å².